The third-order valence-electron chi connectivity index (χ3n) is 6.96. The van der Waals surface area contributed by atoms with E-state index in [0.717, 1.165) is 12.8 Å². The molecular formula is C24H33NO8. The van der Waals surface area contributed by atoms with Gasteiger partial charge in [-0.25, -0.2) is 4.79 Å². The minimum absolute atomic E-state index is 0.0800. The van der Waals surface area contributed by atoms with E-state index in [1.165, 1.54) is 0 Å². The molecule has 0 radical (unpaired) electrons. The number of hydrogen-bond donors (Lipinski definition) is 1. The van der Waals surface area contributed by atoms with Crippen molar-refractivity contribution in [2.24, 2.45) is 10.8 Å². The van der Waals surface area contributed by atoms with Gasteiger partial charge in [-0.3, -0.25) is 9.59 Å². The smallest absolute Gasteiger partial charge is 0.407 e. The number of amides is 1. The number of carbonyl (C=O) groups excluding carboxylic acids is 3. The molecule has 33 heavy (non-hydrogen) atoms. The lowest BCUT2D eigenvalue weighted by Gasteiger charge is -2.29. The van der Waals surface area contributed by atoms with Gasteiger partial charge in [-0.1, -0.05) is 37.6 Å². The second-order valence-corrected chi connectivity index (χ2v) is 9.71. The van der Waals surface area contributed by atoms with Crippen molar-refractivity contribution in [3.8, 4) is 0 Å². The number of esters is 2. The van der Waals surface area contributed by atoms with Gasteiger partial charge in [0.1, 0.15) is 13.2 Å². The summed E-state index contributed by atoms with van der Waals surface area (Å²) in [5.41, 5.74) is -1.57. The fraction of sp³-hybridized carbons (Fsp3) is 0.708. The van der Waals surface area contributed by atoms with Crippen molar-refractivity contribution >= 4 is 18.0 Å². The summed E-state index contributed by atoms with van der Waals surface area (Å²) in [6.07, 6.45) is 8.07. The second-order valence-electron chi connectivity index (χ2n) is 9.71. The fourth-order valence-corrected chi connectivity index (χ4v) is 4.78. The molecular weight excluding hydrogens is 430 g/mol. The molecule has 2 saturated heterocycles. The summed E-state index contributed by atoms with van der Waals surface area (Å²) in [5.74, 6) is -0.853. The lowest BCUT2D eigenvalue weighted by atomic mass is 9.79. The van der Waals surface area contributed by atoms with Crippen LogP contribution in [0.15, 0.2) is 24.3 Å². The summed E-state index contributed by atoms with van der Waals surface area (Å²) < 4.78 is 27.9. The number of carbonyl (C=O) groups is 3. The van der Waals surface area contributed by atoms with E-state index in [0.29, 0.717) is 19.4 Å². The molecule has 0 saturated carbocycles. The Bertz CT molecular complexity index is 784. The molecule has 4 aliphatic rings. The molecule has 4 heterocycles. The van der Waals surface area contributed by atoms with E-state index in [-0.39, 0.29) is 37.6 Å². The molecule has 6 unspecified atom stereocenters. The van der Waals surface area contributed by atoms with Crippen LogP contribution >= 0.6 is 0 Å². The molecule has 4 rings (SSSR count). The van der Waals surface area contributed by atoms with Crippen LogP contribution in [0.4, 0.5) is 4.79 Å². The zero-order valence-corrected chi connectivity index (χ0v) is 19.4. The normalized spacial score (nSPS) is 36.1. The third-order valence-corrected chi connectivity index (χ3v) is 6.96. The molecule has 9 nitrogen and oxygen atoms in total. The fourth-order valence-electron chi connectivity index (χ4n) is 4.78. The van der Waals surface area contributed by atoms with Crippen molar-refractivity contribution in [1.82, 2.24) is 5.32 Å². The number of fused-ring (bicyclic) bond motifs is 4. The molecule has 9 heteroatoms. The van der Waals surface area contributed by atoms with Gasteiger partial charge < -0.3 is 29.0 Å². The minimum Gasteiger partial charge on any atom is -0.461 e. The van der Waals surface area contributed by atoms with Crippen molar-refractivity contribution < 1.29 is 38.1 Å². The Hall–Kier alpha value is -2.39. The summed E-state index contributed by atoms with van der Waals surface area (Å²) >= 11 is 0. The third kappa shape index (κ3) is 4.80. The molecule has 1 N–H and O–H groups in total. The Morgan fingerprint density at radius 2 is 1.45 bits per heavy atom. The maximum Gasteiger partial charge on any atom is 0.407 e. The first kappa shape index (κ1) is 23.8. The van der Waals surface area contributed by atoms with Gasteiger partial charge in [0.25, 0.3) is 0 Å². The van der Waals surface area contributed by atoms with E-state index in [4.69, 9.17) is 23.7 Å². The zero-order chi connectivity index (χ0) is 23.6. The average Bonchev–Trinajstić information content (AvgIpc) is 3.56. The molecule has 2 fully saturated rings. The summed E-state index contributed by atoms with van der Waals surface area (Å²) in [5, 5.41) is 2.66. The first-order chi connectivity index (χ1) is 15.7. The van der Waals surface area contributed by atoms with Crippen LogP contribution in [0.2, 0.25) is 0 Å². The predicted molar refractivity (Wildman–Crippen MR) is 116 cm³/mol. The van der Waals surface area contributed by atoms with Crippen LogP contribution in [-0.2, 0) is 33.3 Å². The molecule has 0 spiro atoms. The Labute approximate surface area is 193 Å². The molecule has 0 aromatic carbocycles. The van der Waals surface area contributed by atoms with Crippen molar-refractivity contribution in [2.45, 2.75) is 77.0 Å². The molecule has 4 bridgehead atoms. The summed E-state index contributed by atoms with van der Waals surface area (Å²) in [6, 6.07) is 0. The predicted octanol–water partition coefficient (Wildman–Crippen LogP) is 2.43. The number of ether oxygens (including phenoxy) is 5. The highest BCUT2D eigenvalue weighted by atomic mass is 16.6. The molecule has 6 atom stereocenters. The first-order valence-electron chi connectivity index (χ1n) is 11.7. The summed E-state index contributed by atoms with van der Waals surface area (Å²) in [6.45, 7) is 5.66. The lowest BCUT2D eigenvalue weighted by molar-refractivity contribution is -0.165. The molecule has 182 valence electrons. The van der Waals surface area contributed by atoms with Gasteiger partial charge in [-0.05, 0) is 33.1 Å². The molecule has 0 aromatic rings. The van der Waals surface area contributed by atoms with E-state index in [2.05, 4.69) is 5.32 Å². The van der Waals surface area contributed by atoms with Crippen LogP contribution in [0.25, 0.3) is 0 Å². The average molecular weight is 464 g/mol. The molecule has 4 aliphatic heterocycles. The Balaban J connectivity index is 1.33. The number of nitrogens with one attached hydrogen (secondary N) is 1. The van der Waals surface area contributed by atoms with Crippen LogP contribution in [0, 0.1) is 10.8 Å². The SMILES string of the molecule is CCCCNC(=O)OC(COC(=O)C1(C)CC2C=CC1O2)COC(=O)C1(C)CC2C=CC1O2. The quantitative estimate of drug-likeness (QED) is 0.228. The van der Waals surface area contributed by atoms with Gasteiger partial charge in [0.2, 0.25) is 0 Å². The second kappa shape index (κ2) is 9.46. The van der Waals surface area contributed by atoms with Crippen LogP contribution in [0.1, 0.15) is 46.5 Å². The molecule has 0 aromatic heterocycles. The van der Waals surface area contributed by atoms with E-state index in [9.17, 15) is 14.4 Å². The van der Waals surface area contributed by atoms with Gasteiger partial charge >= 0.3 is 18.0 Å². The maximum absolute atomic E-state index is 12.8. The van der Waals surface area contributed by atoms with Crippen molar-refractivity contribution in [3.05, 3.63) is 24.3 Å². The van der Waals surface area contributed by atoms with Crippen molar-refractivity contribution in [1.29, 1.82) is 0 Å². The van der Waals surface area contributed by atoms with Crippen molar-refractivity contribution in [2.75, 3.05) is 19.8 Å². The number of alkyl carbamates (subject to hydrolysis) is 1. The van der Waals surface area contributed by atoms with Gasteiger partial charge in [-0.2, -0.15) is 0 Å². The van der Waals surface area contributed by atoms with Crippen molar-refractivity contribution in [3.63, 3.8) is 0 Å². The van der Waals surface area contributed by atoms with E-state index in [1.807, 2.05) is 31.2 Å². The summed E-state index contributed by atoms with van der Waals surface area (Å²) in [4.78, 5) is 37.8. The Kier molecular flexibility index (Phi) is 6.81. The van der Waals surface area contributed by atoms with Crippen LogP contribution in [0.3, 0.4) is 0 Å². The zero-order valence-electron chi connectivity index (χ0n) is 19.4. The van der Waals surface area contributed by atoms with Crippen LogP contribution in [-0.4, -0.2) is 68.3 Å². The topological polar surface area (TPSA) is 109 Å². The Morgan fingerprint density at radius 3 is 1.85 bits per heavy atom. The molecule has 1 amide bonds. The maximum atomic E-state index is 12.8. The number of rotatable bonds is 10. The number of unbranched alkanes of at least 4 members (excludes halogenated alkanes) is 1. The highest BCUT2D eigenvalue weighted by Gasteiger charge is 2.54. The van der Waals surface area contributed by atoms with Gasteiger partial charge in [-0.15, -0.1) is 0 Å². The summed E-state index contributed by atoms with van der Waals surface area (Å²) in [7, 11) is 0. The van der Waals surface area contributed by atoms with Gasteiger partial charge in [0.15, 0.2) is 6.10 Å². The van der Waals surface area contributed by atoms with E-state index in [1.54, 1.807) is 13.8 Å². The van der Waals surface area contributed by atoms with Gasteiger partial charge in [0.05, 0.1) is 35.2 Å². The highest BCUT2D eigenvalue weighted by Crippen LogP contribution is 2.45. The highest BCUT2D eigenvalue weighted by molar-refractivity contribution is 5.79. The largest absolute Gasteiger partial charge is 0.461 e. The molecule has 0 aliphatic carbocycles. The van der Waals surface area contributed by atoms with Crippen LogP contribution in [0.5, 0.6) is 0 Å². The van der Waals surface area contributed by atoms with Gasteiger partial charge in [0, 0.05) is 6.54 Å². The monoisotopic (exact) mass is 463 g/mol. The van der Waals surface area contributed by atoms with E-state index >= 15 is 0 Å². The standard InChI is InChI=1S/C24H33NO8/c1-4-5-10-25-22(28)33-17(13-29-20(26)23(2)11-15-6-8-18(23)31-15)14-30-21(27)24(3)12-16-7-9-19(24)32-16/h6-9,15-19H,4-5,10-14H2,1-3H3,(H,25,28). The lowest BCUT2D eigenvalue weighted by Crippen LogP contribution is -2.42. The van der Waals surface area contributed by atoms with Crippen LogP contribution < -0.4 is 5.32 Å². The van der Waals surface area contributed by atoms with E-state index < -0.39 is 35.0 Å². The first-order valence-corrected chi connectivity index (χ1v) is 11.7. The number of hydrogen-bond acceptors (Lipinski definition) is 8. The minimum atomic E-state index is -0.933. The Morgan fingerprint density at radius 1 is 0.939 bits per heavy atom.